The van der Waals surface area contributed by atoms with E-state index in [1.165, 1.54) is 0 Å². The van der Waals surface area contributed by atoms with Crippen LogP contribution in [0.5, 0.6) is 5.88 Å². The van der Waals surface area contributed by atoms with Crippen LogP contribution in [-0.2, 0) is 0 Å². The van der Waals surface area contributed by atoms with Crippen molar-refractivity contribution in [1.29, 1.82) is 0 Å². The fraction of sp³-hybridized carbons (Fsp3) is 0.0667. The number of ether oxygens (including phenoxy) is 1. The Labute approximate surface area is 110 Å². The smallest absolute Gasteiger partial charge is 0.214 e. The van der Waals surface area contributed by atoms with E-state index in [0.717, 1.165) is 22.2 Å². The van der Waals surface area contributed by atoms with Gasteiger partial charge in [-0.1, -0.05) is 11.8 Å². The predicted octanol–water partition coefficient (Wildman–Crippen LogP) is 2.37. The molecule has 0 bridgehead atoms. The number of aromatic nitrogens is 3. The first-order valence-electron chi connectivity index (χ1n) is 5.80. The Balaban J connectivity index is 1.93. The van der Waals surface area contributed by atoms with Crippen LogP contribution in [0.25, 0.3) is 11.0 Å². The number of methoxy groups -OCH3 is 1. The van der Waals surface area contributed by atoms with Crippen LogP contribution < -0.4 is 4.74 Å². The second kappa shape index (κ2) is 4.83. The average Bonchev–Trinajstić information content (AvgIpc) is 2.93. The molecule has 0 atom stereocenters. The molecule has 0 amide bonds. The minimum absolute atomic E-state index is 0.561. The molecule has 0 aromatic carbocycles. The van der Waals surface area contributed by atoms with Crippen LogP contribution in [0.4, 0.5) is 0 Å². The molecule has 3 rings (SSSR count). The highest BCUT2D eigenvalue weighted by Crippen LogP contribution is 2.11. The van der Waals surface area contributed by atoms with E-state index in [-0.39, 0.29) is 0 Å². The normalized spacial score (nSPS) is 9.95. The molecule has 3 heterocycles. The first-order chi connectivity index (χ1) is 9.35. The Morgan fingerprint density at radius 1 is 1.11 bits per heavy atom. The summed E-state index contributed by atoms with van der Waals surface area (Å²) in [6, 6.07) is 7.63. The molecule has 0 spiro atoms. The number of fused-ring (bicyclic) bond motifs is 1. The van der Waals surface area contributed by atoms with E-state index in [0.29, 0.717) is 5.88 Å². The van der Waals surface area contributed by atoms with Crippen molar-refractivity contribution in [3.8, 4) is 17.7 Å². The maximum Gasteiger partial charge on any atom is 0.214 e. The number of nitrogens with zero attached hydrogens (tertiary/aromatic N) is 2. The Hall–Kier alpha value is -2.80. The first-order valence-corrected chi connectivity index (χ1v) is 5.80. The molecular formula is C15H11N3O. The third-order valence-corrected chi connectivity index (χ3v) is 2.70. The van der Waals surface area contributed by atoms with Gasteiger partial charge < -0.3 is 9.72 Å². The molecule has 0 fully saturated rings. The van der Waals surface area contributed by atoms with Gasteiger partial charge in [0.2, 0.25) is 5.88 Å². The Morgan fingerprint density at radius 3 is 2.89 bits per heavy atom. The monoisotopic (exact) mass is 249 g/mol. The van der Waals surface area contributed by atoms with Crippen LogP contribution in [-0.4, -0.2) is 22.1 Å². The lowest BCUT2D eigenvalue weighted by atomic mass is 10.2. The molecule has 0 saturated carbocycles. The number of rotatable bonds is 1. The maximum absolute atomic E-state index is 5.06. The van der Waals surface area contributed by atoms with Crippen molar-refractivity contribution >= 4 is 11.0 Å². The van der Waals surface area contributed by atoms with Gasteiger partial charge >= 0.3 is 0 Å². The summed E-state index contributed by atoms with van der Waals surface area (Å²) in [7, 11) is 1.59. The molecule has 1 N–H and O–H groups in total. The van der Waals surface area contributed by atoms with Crippen molar-refractivity contribution in [2.24, 2.45) is 0 Å². The van der Waals surface area contributed by atoms with Crippen molar-refractivity contribution in [2.75, 3.05) is 7.11 Å². The second-order valence-electron chi connectivity index (χ2n) is 3.98. The van der Waals surface area contributed by atoms with Crippen LogP contribution in [0.1, 0.15) is 11.1 Å². The SMILES string of the molecule is COc1cc(C#Cc2cnc3[nH]ccc3c2)ccn1. The van der Waals surface area contributed by atoms with Crippen molar-refractivity contribution in [2.45, 2.75) is 0 Å². The lowest BCUT2D eigenvalue weighted by Gasteiger charge is -1.97. The van der Waals surface area contributed by atoms with E-state index in [4.69, 9.17) is 4.74 Å². The minimum Gasteiger partial charge on any atom is -0.481 e. The molecule has 0 unspecified atom stereocenters. The highest BCUT2D eigenvalue weighted by molar-refractivity contribution is 5.76. The molecule has 0 aliphatic carbocycles. The molecule has 92 valence electrons. The fourth-order valence-electron chi connectivity index (χ4n) is 1.75. The third-order valence-electron chi connectivity index (χ3n) is 2.70. The third kappa shape index (κ3) is 2.40. The van der Waals surface area contributed by atoms with Gasteiger partial charge in [0.25, 0.3) is 0 Å². The number of hydrogen-bond donors (Lipinski definition) is 1. The van der Waals surface area contributed by atoms with E-state index >= 15 is 0 Å². The summed E-state index contributed by atoms with van der Waals surface area (Å²) in [6.07, 6.45) is 5.29. The summed E-state index contributed by atoms with van der Waals surface area (Å²) in [5.74, 6) is 6.72. The standard InChI is InChI=1S/C15H11N3O/c1-19-14-9-11(4-6-16-14)2-3-12-8-13-5-7-17-15(13)18-10-12/h4-10H,1H3,(H,17,18). The van der Waals surface area contributed by atoms with Gasteiger partial charge in [0, 0.05) is 41.2 Å². The van der Waals surface area contributed by atoms with Crippen LogP contribution in [0.2, 0.25) is 0 Å². The largest absolute Gasteiger partial charge is 0.481 e. The van der Waals surface area contributed by atoms with E-state index in [1.807, 2.05) is 24.4 Å². The molecule has 3 aromatic rings. The number of nitrogens with one attached hydrogen (secondary N) is 1. The van der Waals surface area contributed by atoms with Gasteiger partial charge in [-0.15, -0.1) is 0 Å². The zero-order valence-electron chi connectivity index (χ0n) is 10.3. The summed E-state index contributed by atoms with van der Waals surface area (Å²) < 4.78 is 5.06. The minimum atomic E-state index is 0.561. The highest BCUT2D eigenvalue weighted by atomic mass is 16.5. The molecule has 0 aliphatic rings. The Bertz CT molecular complexity index is 780. The molecule has 19 heavy (non-hydrogen) atoms. The van der Waals surface area contributed by atoms with Gasteiger partial charge in [0.05, 0.1) is 7.11 Å². The Morgan fingerprint density at radius 2 is 2.00 bits per heavy atom. The van der Waals surface area contributed by atoms with Gasteiger partial charge in [-0.05, 0) is 18.2 Å². The van der Waals surface area contributed by atoms with Crippen molar-refractivity contribution in [3.05, 3.63) is 54.0 Å². The van der Waals surface area contributed by atoms with Crippen LogP contribution >= 0.6 is 0 Å². The zero-order chi connectivity index (χ0) is 13.1. The van der Waals surface area contributed by atoms with Crippen LogP contribution in [0, 0.1) is 11.8 Å². The number of pyridine rings is 2. The summed E-state index contributed by atoms with van der Waals surface area (Å²) in [5.41, 5.74) is 2.61. The van der Waals surface area contributed by atoms with Gasteiger partial charge in [-0.2, -0.15) is 0 Å². The average molecular weight is 249 g/mol. The quantitative estimate of drug-likeness (QED) is 0.673. The highest BCUT2D eigenvalue weighted by Gasteiger charge is 1.96. The van der Waals surface area contributed by atoms with E-state index in [2.05, 4.69) is 26.8 Å². The number of aromatic amines is 1. The van der Waals surface area contributed by atoms with E-state index in [1.54, 1.807) is 25.6 Å². The zero-order valence-corrected chi connectivity index (χ0v) is 10.3. The van der Waals surface area contributed by atoms with Crippen LogP contribution in [0.15, 0.2) is 42.9 Å². The summed E-state index contributed by atoms with van der Waals surface area (Å²) in [6.45, 7) is 0. The van der Waals surface area contributed by atoms with Crippen molar-refractivity contribution in [3.63, 3.8) is 0 Å². The van der Waals surface area contributed by atoms with Gasteiger partial charge in [0.15, 0.2) is 0 Å². The summed E-state index contributed by atoms with van der Waals surface area (Å²) >= 11 is 0. The number of hydrogen-bond acceptors (Lipinski definition) is 3. The summed E-state index contributed by atoms with van der Waals surface area (Å²) in [4.78, 5) is 11.4. The topological polar surface area (TPSA) is 50.8 Å². The molecular weight excluding hydrogens is 238 g/mol. The van der Waals surface area contributed by atoms with Gasteiger partial charge in [-0.25, -0.2) is 9.97 Å². The first kappa shape index (κ1) is 11.3. The fourth-order valence-corrected chi connectivity index (χ4v) is 1.75. The maximum atomic E-state index is 5.06. The molecule has 4 nitrogen and oxygen atoms in total. The predicted molar refractivity (Wildman–Crippen MR) is 72.9 cm³/mol. The van der Waals surface area contributed by atoms with Gasteiger partial charge in [0.1, 0.15) is 5.65 Å². The molecule has 4 heteroatoms. The summed E-state index contributed by atoms with van der Waals surface area (Å²) in [5, 5.41) is 1.05. The van der Waals surface area contributed by atoms with E-state index < -0.39 is 0 Å². The Kier molecular flexibility index (Phi) is 2.87. The second-order valence-corrected chi connectivity index (χ2v) is 3.98. The number of H-pyrrole nitrogens is 1. The van der Waals surface area contributed by atoms with Crippen molar-refractivity contribution < 1.29 is 4.74 Å². The van der Waals surface area contributed by atoms with Crippen LogP contribution in [0.3, 0.4) is 0 Å². The lowest BCUT2D eigenvalue weighted by molar-refractivity contribution is 0.398. The molecule has 0 saturated heterocycles. The molecule has 0 aliphatic heterocycles. The van der Waals surface area contributed by atoms with E-state index in [9.17, 15) is 0 Å². The van der Waals surface area contributed by atoms with Crippen molar-refractivity contribution in [1.82, 2.24) is 15.0 Å². The lowest BCUT2D eigenvalue weighted by Crippen LogP contribution is -1.87. The van der Waals surface area contributed by atoms with Gasteiger partial charge in [-0.3, -0.25) is 0 Å². The molecule has 3 aromatic heterocycles. The molecule has 0 radical (unpaired) electrons.